The summed E-state index contributed by atoms with van der Waals surface area (Å²) < 4.78 is 6.77. The number of ether oxygens (including phenoxy) is 1. The van der Waals surface area contributed by atoms with E-state index in [1.54, 1.807) is 22.8 Å². The molecule has 3 aromatic heterocycles. The highest BCUT2D eigenvalue weighted by molar-refractivity contribution is 7.08. The second kappa shape index (κ2) is 6.96. The minimum atomic E-state index is -0.278. The van der Waals surface area contributed by atoms with Crippen LogP contribution in [0.2, 0.25) is 0 Å². The van der Waals surface area contributed by atoms with Gasteiger partial charge in [0.2, 0.25) is 0 Å². The summed E-state index contributed by atoms with van der Waals surface area (Å²) in [6.07, 6.45) is 0. The highest BCUT2D eigenvalue weighted by Gasteiger charge is 2.22. The van der Waals surface area contributed by atoms with Crippen molar-refractivity contribution in [3.63, 3.8) is 0 Å². The first-order chi connectivity index (χ1) is 11.6. The lowest BCUT2D eigenvalue weighted by atomic mass is 10.0. The van der Waals surface area contributed by atoms with Gasteiger partial charge in [0.15, 0.2) is 11.5 Å². The molecule has 0 saturated heterocycles. The summed E-state index contributed by atoms with van der Waals surface area (Å²) in [5.74, 6) is 0.852. The van der Waals surface area contributed by atoms with Crippen LogP contribution in [-0.2, 0) is 9.53 Å². The fourth-order valence-electron chi connectivity index (χ4n) is 2.27. The van der Waals surface area contributed by atoms with Crippen molar-refractivity contribution in [1.29, 1.82) is 0 Å². The molecule has 24 heavy (non-hydrogen) atoms. The van der Waals surface area contributed by atoms with E-state index in [1.165, 1.54) is 0 Å². The van der Waals surface area contributed by atoms with Crippen LogP contribution in [0, 0.1) is 5.92 Å². The third-order valence-electron chi connectivity index (χ3n) is 3.83. The zero-order valence-electron chi connectivity index (χ0n) is 13.8. The summed E-state index contributed by atoms with van der Waals surface area (Å²) in [7, 11) is 0. The largest absolute Gasteiger partial charge is 0.466 e. The Labute approximate surface area is 143 Å². The molecular weight excluding hydrogens is 326 g/mol. The van der Waals surface area contributed by atoms with Gasteiger partial charge >= 0.3 is 5.97 Å². The molecule has 3 rings (SSSR count). The molecule has 3 aromatic rings. The molecule has 0 aliphatic carbocycles. The molecule has 0 aliphatic rings. The highest BCUT2D eigenvalue weighted by atomic mass is 32.1. The maximum absolute atomic E-state index is 11.8. The number of carbonyl (C=O) groups is 1. The molecule has 0 saturated carbocycles. The number of rotatable bonds is 6. The van der Waals surface area contributed by atoms with Gasteiger partial charge in [-0.15, -0.1) is 15.3 Å². The maximum Gasteiger partial charge on any atom is 0.310 e. The van der Waals surface area contributed by atoms with E-state index in [0.29, 0.717) is 23.9 Å². The first kappa shape index (κ1) is 16.4. The predicted molar refractivity (Wildman–Crippen MR) is 93.0 cm³/mol. The Morgan fingerprint density at radius 3 is 2.88 bits per heavy atom. The van der Waals surface area contributed by atoms with E-state index >= 15 is 0 Å². The number of fused-ring (bicyclic) bond motifs is 1. The standard InChI is InChI=1S/C16H19N5O2S/c1-4-23-16(22)10(2)11(3)17-13-5-6-14-18-19-15(21(14)20-13)12-7-8-24-9-12/h5-11H,4H2,1-3H3,(H,17,20). The summed E-state index contributed by atoms with van der Waals surface area (Å²) in [6.45, 7) is 5.95. The van der Waals surface area contributed by atoms with Gasteiger partial charge in [-0.3, -0.25) is 4.79 Å². The average molecular weight is 345 g/mol. The van der Waals surface area contributed by atoms with Gasteiger partial charge in [-0.05, 0) is 44.4 Å². The molecule has 0 aromatic carbocycles. The average Bonchev–Trinajstić information content (AvgIpc) is 3.22. The van der Waals surface area contributed by atoms with Gasteiger partial charge in [0.25, 0.3) is 0 Å². The van der Waals surface area contributed by atoms with Crippen LogP contribution in [0.1, 0.15) is 20.8 Å². The number of anilines is 1. The number of nitrogens with zero attached hydrogens (tertiary/aromatic N) is 4. The van der Waals surface area contributed by atoms with E-state index in [2.05, 4.69) is 20.6 Å². The second-order valence-electron chi connectivity index (χ2n) is 5.50. The zero-order valence-corrected chi connectivity index (χ0v) is 14.6. The Morgan fingerprint density at radius 1 is 1.33 bits per heavy atom. The quantitative estimate of drug-likeness (QED) is 0.692. The number of thiophene rings is 1. The number of hydrogen-bond donors (Lipinski definition) is 1. The van der Waals surface area contributed by atoms with Crippen molar-refractivity contribution < 1.29 is 9.53 Å². The summed E-state index contributed by atoms with van der Waals surface area (Å²) in [4.78, 5) is 11.8. The van der Waals surface area contributed by atoms with Gasteiger partial charge in [-0.2, -0.15) is 15.9 Å². The van der Waals surface area contributed by atoms with E-state index in [-0.39, 0.29) is 17.9 Å². The molecule has 126 valence electrons. The van der Waals surface area contributed by atoms with Crippen molar-refractivity contribution in [3.05, 3.63) is 29.0 Å². The Balaban J connectivity index is 1.83. The van der Waals surface area contributed by atoms with E-state index in [9.17, 15) is 4.79 Å². The third kappa shape index (κ3) is 3.23. The smallest absolute Gasteiger partial charge is 0.310 e. The van der Waals surface area contributed by atoms with Gasteiger partial charge in [-0.1, -0.05) is 0 Å². The fraction of sp³-hybridized carbons (Fsp3) is 0.375. The molecule has 7 nitrogen and oxygen atoms in total. The third-order valence-corrected chi connectivity index (χ3v) is 4.51. The fourth-order valence-corrected chi connectivity index (χ4v) is 2.91. The molecule has 8 heteroatoms. The Morgan fingerprint density at radius 2 is 2.17 bits per heavy atom. The number of hydrogen-bond acceptors (Lipinski definition) is 7. The Hall–Kier alpha value is -2.48. The summed E-state index contributed by atoms with van der Waals surface area (Å²) in [6, 6.07) is 5.54. The molecule has 0 fully saturated rings. The van der Waals surface area contributed by atoms with Gasteiger partial charge in [-0.25, -0.2) is 0 Å². The molecule has 0 spiro atoms. The number of esters is 1. The lowest BCUT2D eigenvalue weighted by Gasteiger charge is -2.20. The summed E-state index contributed by atoms with van der Waals surface area (Å²) in [5.41, 5.74) is 1.65. The lowest BCUT2D eigenvalue weighted by Crippen LogP contribution is -2.31. The molecule has 2 unspecified atom stereocenters. The predicted octanol–water partition coefficient (Wildman–Crippen LogP) is 2.85. The van der Waals surface area contributed by atoms with Crippen LogP contribution in [0.4, 0.5) is 5.82 Å². The van der Waals surface area contributed by atoms with Crippen molar-refractivity contribution >= 4 is 28.8 Å². The normalized spacial score (nSPS) is 13.6. The molecular formula is C16H19N5O2S. The lowest BCUT2D eigenvalue weighted by molar-refractivity contribution is -0.147. The van der Waals surface area contributed by atoms with Crippen molar-refractivity contribution in [2.24, 2.45) is 5.92 Å². The van der Waals surface area contributed by atoms with Crippen LogP contribution in [0.15, 0.2) is 29.0 Å². The molecule has 1 N–H and O–H groups in total. The Kier molecular flexibility index (Phi) is 4.75. The SMILES string of the molecule is CCOC(=O)C(C)C(C)Nc1ccc2nnc(-c3ccsc3)n2n1. The molecule has 0 amide bonds. The van der Waals surface area contributed by atoms with Gasteiger partial charge in [0, 0.05) is 17.0 Å². The van der Waals surface area contributed by atoms with Crippen LogP contribution in [0.3, 0.4) is 0 Å². The van der Waals surface area contributed by atoms with Gasteiger partial charge < -0.3 is 10.1 Å². The van der Waals surface area contributed by atoms with E-state index < -0.39 is 0 Å². The molecule has 0 aliphatic heterocycles. The monoisotopic (exact) mass is 345 g/mol. The van der Waals surface area contributed by atoms with Crippen LogP contribution in [-0.4, -0.2) is 38.4 Å². The van der Waals surface area contributed by atoms with Gasteiger partial charge in [0.05, 0.1) is 12.5 Å². The second-order valence-corrected chi connectivity index (χ2v) is 6.28. The first-order valence-corrected chi connectivity index (χ1v) is 8.72. The first-order valence-electron chi connectivity index (χ1n) is 7.78. The minimum Gasteiger partial charge on any atom is -0.466 e. The van der Waals surface area contributed by atoms with E-state index in [4.69, 9.17) is 4.74 Å². The van der Waals surface area contributed by atoms with Crippen molar-refractivity contribution in [1.82, 2.24) is 19.8 Å². The Bertz CT molecular complexity index is 830. The summed E-state index contributed by atoms with van der Waals surface area (Å²) >= 11 is 1.60. The molecule has 3 heterocycles. The number of carbonyl (C=O) groups excluding carboxylic acids is 1. The number of aromatic nitrogens is 4. The maximum atomic E-state index is 11.8. The topological polar surface area (TPSA) is 81.4 Å². The van der Waals surface area contributed by atoms with Crippen molar-refractivity contribution in [2.75, 3.05) is 11.9 Å². The van der Waals surface area contributed by atoms with E-state index in [1.807, 2.05) is 42.8 Å². The molecule has 0 radical (unpaired) electrons. The molecule has 2 atom stereocenters. The van der Waals surface area contributed by atoms with Crippen molar-refractivity contribution in [2.45, 2.75) is 26.8 Å². The molecule has 0 bridgehead atoms. The summed E-state index contributed by atoms with van der Waals surface area (Å²) in [5, 5.41) is 20.1. The van der Waals surface area contributed by atoms with E-state index in [0.717, 1.165) is 5.56 Å². The van der Waals surface area contributed by atoms with Crippen molar-refractivity contribution in [3.8, 4) is 11.4 Å². The minimum absolute atomic E-state index is 0.116. The van der Waals surface area contributed by atoms with Crippen LogP contribution >= 0.6 is 11.3 Å². The van der Waals surface area contributed by atoms with Gasteiger partial charge in [0.1, 0.15) is 5.82 Å². The van der Waals surface area contributed by atoms with Crippen LogP contribution < -0.4 is 5.32 Å². The van der Waals surface area contributed by atoms with Crippen LogP contribution in [0.25, 0.3) is 17.0 Å². The highest BCUT2D eigenvalue weighted by Crippen LogP contribution is 2.21. The zero-order chi connectivity index (χ0) is 17.1. The number of nitrogens with one attached hydrogen (secondary N) is 1. The van der Waals surface area contributed by atoms with Crippen LogP contribution in [0.5, 0.6) is 0 Å².